The van der Waals surface area contributed by atoms with Crippen molar-refractivity contribution in [3.8, 4) is 5.75 Å². The van der Waals surface area contributed by atoms with Crippen LogP contribution in [-0.4, -0.2) is 13.4 Å². The van der Waals surface area contributed by atoms with Gasteiger partial charge in [-0.15, -0.1) is 0 Å². The number of aldehydes is 1. The molecule has 18 heavy (non-hydrogen) atoms. The Labute approximate surface area is 110 Å². The molecule has 2 heteroatoms. The summed E-state index contributed by atoms with van der Waals surface area (Å²) in [6.45, 7) is 8.34. The Morgan fingerprint density at radius 1 is 1.28 bits per heavy atom. The molecular formula is C16H22O2. The lowest BCUT2D eigenvalue weighted by molar-refractivity contribution is -0.104. The maximum Gasteiger partial charge on any atom is 0.142 e. The molecule has 0 heterocycles. The van der Waals surface area contributed by atoms with Crippen molar-refractivity contribution in [2.75, 3.05) is 7.11 Å². The van der Waals surface area contributed by atoms with E-state index in [4.69, 9.17) is 4.74 Å². The van der Waals surface area contributed by atoms with Crippen molar-refractivity contribution < 1.29 is 9.53 Å². The van der Waals surface area contributed by atoms with E-state index in [1.165, 1.54) is 22.3 Å². The Balaban J connectivity index is 3.00. The lowest BCUT2D eigenvalue weighted by Crippen LogP contribution is -2.00. The first kappa shape index (κ1) is 14.5. The fourth-order valence-corrected chi connectivity index (χ4v) is 2.22. The molecule has 0 bridgehead atoms. The smallest absolute Gasteiger partial charge is 0.142 e. The van der Waals surface area contributed by atoms with Gasteiger partial charge in [0.15, 0.2) is 0 Å². The number of allylic oxidation sites excluding steroid dienone is 2. The summed E-state index contributed by atoms with van der Waals surface area (Å²) in [6.07, 6.45) is 4.39. The quantitative estimate of drug-likeness (QED) is 0.585. The molecule has 0 saturated carbocycles. The van der Waals surface area contributed by atoms with Crippen molar-refractivity contribution in [3.05, 3.63) is 40.0 Å². The predicted molar refractivity (Wildman–Crippen MR) is 75.3 cm³/mol. The van der Waals surface area contributed by atoms with E-state index in [0.29, 0.717) is 0 Å². The average Bonchev–Trinajstić information content (AvgIpc) is 2.34. The fraction of sp³-hybridized carbons (Fsp3) is 0.438. The highest BCUT2D eigenvalue weighted by molar-refractivity contribution is 5.65. The zero-order chi connectivity index (χ0) is 13.7. The first-order valence-electron chi connectivity index (χ1n) is 6.25. The first-order valence-corrected chi connectivity index (χ1v) is 6.25. The van der Waals surface area contributed by atoms with Gasteiger partial charge in [-0.3, -0.25) is 4.79 Å². The van der Waals surface area contributed by atoms with Crippen LogP contribution in [0.25, 0.3) is 0 Å². The SMILES string of the molecule is COc1cc(C)c(CC/C(C)=C/C=O)c(C)c1C. The minimum Gasteiger partial charge on any atom is -0.496 e. The van der Waals surface area contributed by atoms with Crippen molar-refractivity contribution in [2.24, 2.45) is 0 Å². The van der Waals surface area contributed by atoms with E-state index in [9.17, 15) is 4.79 Å². The molecule has 0 unspecified atom stereocenters. The second kappa shape index (κ2) is 6.39. The van der Waals surface area contributed by atoms with E-state index >= 15 is 0 Å². The van der Waals surface area contributed by atoms with E-state index in [1.807, 2.05) is 6.92 Å². The van der Waals surface area contributed by atoms with Gasteiger partial charge >= 0.3 is 0 Å². The van der Waals surface area contributed by atoms with Crippen LogP contribution in [0, 0.1) is 20.8 Å². The molecule has 0 aliphatic heterocycles. The molecule has 0 aromatic heterocycles. The molecule has 0 atom stereocenters. The van der Waals surface area contributed by atoms with Crippen LogP contribution in [0.1, 0.15) is 35.6 Å². The van der Waals surface area contributed by atoms with Gasteiger partial charge in [0, 0.05) is 0 Å². The van der Waals surface area contributed by atoms with Crippen molar-refractivity contribution in [3.63, 3.8) is 0 Å². The van der Waals surface area contributed by atoms with E-state index in [0.717, 1.165) is 30.5 Å². The van der Waals surface area contributed by atoms with Crippen LogP contribution >= 0.6 is 0 Å². The first-order chi connectivity index (χ1) is 8.51. The van der Waals surface area contributed by atoms with E-state index in [-0.39, 0.29) is 0 Å². The molecule has 1 aromatic carbocycles. The van der Waals surface area contributed by atoms with Crippen LogP contribution in [-0.2, 0) is 11.2 Å². The highest BCUT2D eigenvalue weighted by Crippen LogP contribution is 2.28. The van der Waals surface area contributed by atoms with Crippen LogP contribution in [0.3, 0.4) is 0 Å². The molecule has 2 nitrogen and oxygen atoms in total. The van der Waals surface area contributed by atoms with Crippen LogP contribution in [0.15, 0.2) is 17.7 Å². The molecule has 0 aliphatic rings. The van der Waals surface area contributed by atoms with Crippen LogP contribution in [0.4, 0.5) is 0 Å². The number of carbonyl (C=O) groups is 1. The maximum atomic E-state index is 10.4. The number of rotatable bonds is 5. The van der Waals surface area contributed by atoms with Gasteiger partial charge in [0.25, 0.3) is 0 Å². The molecule has 0 aliphatic carbocycles. The fourth-order valence-electron chi connectivity index (χ4n) is 2.22. The largest absolute Gasteiger partial charge is 0.496 e. The van der Waals surface area contributed by atoms with Gasteiger partial charge < -0.3 is 4.74 Å². The van der Waals surface area contributed by atoms with Gasteiger partial charge in [-0.25, -0.2) is 0 Å². The van der Waals surface area contributed by atoms with Gasteiger partial charge in [0.2, 0.25) is 0 Å². The number of carbonyl (C=O) groups excluding carboxylic acids is 1. The number of aryl methyl sites for hydroxylation is 1. The molecule has 0 N–H and O–H groups in total. The molecule has 1 rings (SSSR count). The lowest BCUT2D eigenvalue weighted by Gasteiger charge is -2.16. The summed E-state index contributed by atoms with van der Waals surface area (Å²) < 4.78 is 5.37. The van der Waals surface area contributed by atoms with Gasteiger partial charge in [-0.05, 0) is 74.9 Å². The average molecular weight is 246 g/mol. The summed E-state index contributed by atoms with van der Waals surface area (Å²) in [5, 5.41) is 0. The minimum atomic E-state index is 0.855. The Hall–Kier alpha value is -1.57. The van der Waals surface area contributed by atoms with Gasteiger partial charge in [-0.2, -0.15) is 0 Å². The number of methoxy groups -OCH3 is 1. The van der Waals surface area contributed by atoms with Gasteiger partial charge in [0.05, 0.1) is 7.11 Å². The summed E-state index contributed by atoms with van der Waals surface area (Å²) in [6, 6.07) is 2.09. The number of benzene rings is 1. The minimum absolute atomic E-state index is 0.855. The van der Waals surface area contributed by atoms with Gasteiger partial charge in [-0.1, -0.05) is 5.57 Å². The Morgan fingerprint density at radius 2 is 1.94 bits per heavy atom. The topological polar surface area (TPSA) is 26.3 Å². The van der Waals surface area contributed by atoms with Crippen molar-refractivity contribution in [1.82, 2.24) is 0 Å². The summed E-state index contributed by atoms with van der Waals surface area (Å²) in [7, 11) is 1.71. The number of hydrogen-bond acceptors (Lipinski definition) is 2. The molecule has 98 valence electrons. The zero-order valence-electron chi connectivity index (χ0n) is 12.0. The highest BCUT2D eigenvalue weighted by Gasteiger charge is 2.10. The van der Waals surface area contributed by atoms with Crippen LogP contribution in [0.2, 0.25) is 0 Å². The summed E-state index contributed by atoms with van der Waals surface area (Å²) >= 11 is 0. The van der Waals surface area contributed by atoms with Crippen molar-refractivity contribution >= 4 is 6.29 Å². The zero-order valence-corrected chi connectivity index (χ0v) is 12.0. The van der Waals surface area contributed by atoms with Crippen molar-refractivity contribution in [2.45, 2.75) is 40.5 Å². The molecule has 0 spiro atoms. The van der Waals surface area contributed by atoms with Crippen molar-refractivity contribution in [1.29, 1.82) is 0 Å². The maximum absolute atomic E-state index is 10.4. The third kappa shape index (κ3) is 3.22. The predicted octanol–water partition coefficient (Wildman–Crippen LogP) is 3.70. The third-order valence-electron chi connectivity index (χ3n) is 3.55. The molecular weight excluding hydrogens is 224 g/mol. The van der Waals surface area contributed by atoms with E-state index in [2.05, 4.69) is 26.8 Å². The Morgan fingerprint density at radius 3 is 2.50 bits per heavy atom. The third-order valence-corrected chi connectivity index (χ3v) is 3.55. The molecule has 0 saturated heterocycles. The monoisotopic (exact) mass is 246 g/mol. The second-order valence-corrected chi connectivity index (χ2v) is 4.77. The highest BCUT2D eigenvalue weighted by atomic mass is 16.5. The van der Waals surface area contributed by atoms with Crippen LogP contribution in [0.5, 0.6) is 5.75 Å². The summed E-state index contributed by atoms with van der Waals surface area (Å²) in [5.74, 6) is 0.953. The normalized spacial score (nSPS) is 11.5. The molecule has 0 fully saturated rings. The number of hydrogen-bond donors (Lipinski definition) is 0. The van der Waals surface area contributed by atoms with E-state index < -0.39 is 0 Å². The second-order valence-electron chi connectivity index (χ2n) is 4.77. The Kier molecular flexibility index (Phi) is 5.14. The summed E-state index contributed by atoms with van der Waals surface area (Å²) in [5.41, 5.74) is 6.25. The molecule has 0 amide bonds. The van der Waals surface area contributed by atoms with Gasteiger partial charge in [0.1, 0.15) is 12.0 Å². The van der Waals surface area contributed by atoms with Crippen LogP contribution < -0.4 is 4.74 Å². The lowest BCUT2D eigenvalue weighted by atomic mass is 9.93. The summed E-state index contributed by atoms with van der Waals surface area (Å²) in [4.78, 5) is 10.4. The molecule has 1 aromatic rings. The number of ether oxygens (including phenoxy) is 1. The standard InChI is InChI=1S/C16H22O2/c1-11(8-9-17)6-7-15-12(2)10-16(18-5)14(4)13(15)3/h8-10H,6-7H2,1-5H3/b11-8+. The van der Waals surface area contributed by atoms with E-state index in [1.54, 1.807) is 13.2 Å². The molecule has 0 radical (unpaired) electrons. The Bertz CT molecular complexity index is 470.